The number of benzene rings is 1. The number of furan rings is 1. The molecule has 0 radical (unpaired) electrons. The van der Waals surface area contributed by atoms with Gasteiger partial charge in [0, 0.05) is 36.2 Å². The van der Waals surface area contributed by atoms with Gasteiger partial charge >= 0.3 is 6.18 Å². The largest absolute Gasteiger partial charge is 0.446 e. The van der Waals surface area contributed by atoms with Crippen LogP contribution >= 0.6 is 0 Å². The van der Waals surface area contributed by atoms with E-state index in [1.807, 2.05) is 18.2 Å². The van der Waals surface area contributed by atoms with Gasteiger partial charge in [0.05, 0.1) is 29.2 Å². The molecule has 0 bridgehead atoms. The summed E-state index contributed by atoms with van der Waals surface area (Å²) in [6.07, 6.45) is -0.468. The number of halogens is 3. The highest BCUT2D eigenvalue weighted by Gasteiger charge is 2.35. The highest BCUT2D eigenvalue weighted by atomic mass is 32.2. The molecule has 3 aromatic heterocycles. The molecule has 5 rings (SSSR count). The van der Waals surface area contributed by atoms with E-state index in [-0.39, 0.29) is 12.2 Å². The zero-order valence-electron chi connectivity index (χ0n) is 18.9. The van der Waals surface area contributed by atoms with Gasteiger partial charge in [0.2, 0.25) is 5.09 Å². The minimum absolute atomic E-state index is 0.0585. The summed E-state index contributed by atoms with van der Waals surface area (Å²) in [5.74, 6) is -0.0585. The Bertz CT molecular complexity index is 1390. The minimum Gasteiger partial charge on any atom is -0.446 e. The molecule has 0 spiro atoms. The molecule has 1 aliphatic rings. The molecule has 2 atom stereocenters. The number of aryl methyl sites for hydroxylation is 1. The number of hydrogen-bond acceptors (Lipinski definition) is 6. The average molecular weight is 515 g/mol. The highest BCUT2D eigenvalue weighted by Crippen LogP contribution is 2.30. The fourth-order valence-electron chi connectivity index (χ4n) is 4.24. The van der Waals surface area contributed by atoms with Gasteiger partial charge < -0.3 is 4.42 Å². The van der Waals surface area contributed by atoms with E-state index in [0.29, 0.717) is 47.0 Å². The quantitative estimate of drug-likeness (QED) is 0.345. The van der Waals surface area contributed by atoms with E-state index >= 15 is 0 Å². The van der Waals surface area contributed by atoms with Crippen LogP contribution in [0.1, 0.15) is 30.5 Å². The van der Waals surface area contributed by atoms with Crippen molar-refractivity contribution in [3.05, 3.63) is 72.2 Å². The summed E-state index contributed by atoms with van der Waals surface area (Å²) in [6, 6.07) is 12.5. The number of carbonyl (C=O) groups is 1. The first-order chi connectivity index (χ1) is 17.3. The molecule has 7 nitrogen and oxygen atoms in total. The highest BCUT2D eigenvalue weighted by molar-refractivity contribution is 7.82. The van der Waals surface area contributed by atoms with Crippen LogP contribution in [0.3, 0.4) is 0 Å². The van der Waals surface area contributed by atoms with Crippen molar-refractivity contribution in [1.29, 1.82) is 0 Å². The molecule has 0 aliphatic carbocycles. The van der Waals surface area contributed by atoms with Crippen molar-refractivity contribution in [3.63, 3.8) is 0 Å². The first-order valence-corrected chi connectivity index (χ1v) is 12.5. The van der Waals surface area contributed by atoms with Crippen LogP contribution in [0.15, 0.2) is 70.4 Å². The van der Waals surface area contributed by atoms with Crippen LogP contribution < -0.4 is 0 Å². The summed E-state index contributed by atoms with van der Waals surface area (Å²) in [4.78, 5) is 16.9. The minimum atomic E-state index is -4.46. The SMILES string of the molecule is O=C(CCc1cc(-c2ccc(C(F)(F)F)cn2)cnn1)C1CCCN1S(=O)c1cc2ccccc2o1. The summed E-state index contributed by atoms with van der Waals surface area (Å²) < 4.78 is 59.0. The molecule has 0 amide bonds. The lowest BCUT2D eigenvalue weighted by Gasteiger charge is -2.20. The maximum atomic E-state index is 13.2. The second kappa shape index (κ2) is 9.90. The molecule has 36 heavy (non-hydrogen) atoms. The number of Topliss-reactive ketones (excluding diaryl/α,β-unsaturated/α-hetero) is 1. The lowest BCUT2D eigenvalue weighted by molar-refractivity contribution is -0.137. The lowest BCUT2D eigenvalue weighted by atomic mass is 10.0. The van der Waals surface area contributed by atoms with Crippen LogP contribution in [-0.4, -0.2) is 42.1 Å². The van der Waals surface area contributed by atoms with Gasteiger partial charge in [-0.25, -0.2) is 8.51 Å². The molecular formula is C25H21F3N4O3S. The van der Waals surface area contributed by atoms with Crippen molar-refractivity contribution in [3.8, 4) is 11.3 Å². The Labute approximate surface area is 206 Å². The maximum Gasteiger partial charge on any atom is 0.417 e. The summed E-state index contributed by atoms with van der Waals surface area (Å²) >= 11 is 0. The number of pyridine rings is 1. The second-order valence-electron chi connectivity index (χ2n) is 8.48. The van der Waals surface area contributed by atoms with E-state index in [2.05, 4.69) is 15.2 Å². The number of nitrogens with zero attached hydrogens (tertiary/aromatic N) is 4. The van der Waals surface area contributed by atoms with E-state index in [1.54, 1.807) is 22.5 Å². The van der Waals surface area contributed by atoms with E-state index in [9.17, 15) is 22.2 Å². The third-order valence-corrected chi connectivity index (χ3v) is 7.49. The topological polar surface area (TPSA) is 89.2 Å². The van der Waals surface area contributed by atoms with Gasteiger partial charge in [-0.15, -0.1) is 0 Å². The molecular weight excluding hydrogens is 493 g/mol. The Hall–Kier alpha value is -3.44. The zero-order valence-corrected chi connectivity index (χ0v) is 19.8. The molecule has 2 unspecified atom stereocenters. The van der Waals surface area contributed by atoms with Crippen molar-refractivity contribution in [2.75, 3.05) is 6.54 Å². The summed E-state index contributed by atoms with van der Waals surface area (Å²) in [5.41, 5.74) is 1.16. The zero-order chi connectivity index (χ0) is 25.3. The third-order valence-electron chi connectivity index (χ3n) is 6.08. The van der Waals surface area contributed by atoms with Gasteiger partial charge in [0.1, 0.15) is 5.58 Å². The first kappa shape index (κ1) is 24.3. The molecule has 0 saturated carbocycles. The van der Waals surface area contributed by atoms with Crippen molar-refractivity contribution in [2.24, 2.45) is 0 Å². The van der Waals surface area contributed by atoms with Crippen molar-refractivity contribution in [2.45, 2.75) is 43.0 Å². The Balaban J connectivity index is 1.25. The van der Waals surface area contributed by atoms with Crippen LogP contribution in [0.5, 0.6) is 0 Å². The van der Waals surface area contributed by atoms with Gasteiger partial charge in [0.15, 0.2) is 16.8 Å². The normalized spacial score (nSPS) is 17.5. The monoisotopic (exact) mass is 514 g/mol. The van der Waals surface area contributed by atoms with Gasteiger partial charge in [0.25, 0.3) is 0 Å². The van der Waals surface area contributed by atoms with Gasteiger partial charge in [-0.3, -0.25) is 9.78 Å². The number of aromatic nitrogens is 3. The van der Waals surface area contributed by atoms with E-state index in [0.717, 1.165) is 24.1 Å². The standard InChI is InChI=1S/C25H21F3N4O3S/c26-25(27,28)18-7-9-20(29-15-18)17-12-19(31-30-14-17)8-10-22(33)21-5-3-11-32(21)36(34)24-13-16-4-1-2-6-23(16)35-24/h1-2,4,6-7,9,12-15,21H,3,5,8,10-11H2. The van der Waals surface area contributed by atoms with Crippen molar-refractivity contribution >= 4 is 27.7 Å². The van der Waals surface area contributed by atoms with Crippen molar-refractivity contribution in [1.82, 2.24) is 19.5 Å². The molecule has 1 aliphatic heterocycles. The Morgan fingerprint density at radius 3 is 2.72 bits per heavy atom. The van der Waals surface area contributed by atoms with Gasteiger partial charge in [-0.1, -0.05) is 18.2 Å². The third kappa shape index (κ3) is 5.07. The predicted molar refractivity (Wildman–Crippen MR) is 126 cm³/mol. The summed E-state index contributed by atoms with van der Waals surface area (Å²) in [7, 11) is -1.60. The Morgan fingerprint density at radius 2 is 1.97 bits per heavy atom. The fourth-order valence-corrected chi connectivity index (χ4v) is 5.61. The van der Waals surface area contributed by atoms with Crippen LogP contribution in [-0.2, 0) is 28.4 Å². The second-order valence-corrected chi connectivity index (χ2v) is 9.85. The predicted octanol–water partition coefficient (Wildman–Crippen LogP) is 4.99. The number of hydrogen-bond donors (Lipinski definition) is 0. The fraction of sp³-hybridized carbons (Fsp3) is 0.280. The van der Waals surface area contributed by atoms with Crippen molar-refractivity contribution < 1.29 is 26.6 Å². The summed E-state index contributed by atoms with van der Waals surface area (Å²) in [5, 5.41) is 9.13. The molecule has 0 N–H and O–H groups in total. The van der Waals surface area contributed by atoms with Crippen LogP contribution in [0.2, 0.25) is 0 Å². The van der Waals surface area contributed by atoms with E-state index < -0.39 is 28.8 Å². The molecule has 186 valence electrons. The molecule has 1 fully saturated rings. The van der Waals surface area contributed by atoms with E-state index in [1.165, 1.54) is 12.3 Å². The first-order valence-electron chi connectivity index (χ1n) is 11.3. The number of rotatable bonds is 7. The van der Waals surface area contributed by atoms with Gasteiger partial charge in [-0.2, -0.15) is 23.4 Å². The number of ketones is 1. The molecule has 4 aromatic rings. The lowest BCUT2D eigenvalue weighted by Crippen LogP contribution is -2.37. The average Bonchev–Trinajstić information content (AvgIpc) is 3.54. The Kier molecular flexibility index (Phi) is 6.67. The van der Waals surface area contributed by atoms with E-state index in [4.69, 9.17) is 4.42 Å². The van der Waals surface area contributed by atoms with Crippen LogP contribution in [0, 0.1) is 0 Å². The molecule has 1 aromatic carbocycles. The number of carbonyl (C=O) groups excluding carboxylic acids is 1. The maximum absolute atomic E-state index is 13.2. The molecule has 1 saturated heterocycles. The molecule has 11 heteroatoms. The van der Waals surface area contributed by atoms with Gasteiger partial charge in [-0.05, 0) is 43.5 Å². The summed E-state index contributed by atoms with van der Waals surface area (Å²) in [6.45, 7) is 0.523. The smallest absolute Gasteiger partial charge is 0.417 e. The van der Waals surface area contributed by atoms with Crippen LogP contribution in [0.25, 0.3) is 22.2 Å². The number of alkyl halides is 3. The van der Waals surface area contributed by atoms with Crippen LogP contribution in [0.4, 0.5) is 13.2 Å². The number of fused-ring (bicyclic) bond motifs is 1. The molecule has 4 heterocycles. The number of para-hydroxylation sites is 1. The Morgan fingerprint density at radius 1 is 1.14 bits per heavy atom.